The van der Waals surface area contributed by atoms with E-state index in [0.29, 0.717) is 28.2 Å². The first-order valence-corrected chi connectivity index (χ1v) is 12.3. The third-order valence-electron chi connectivity index (χ3n) is 6.41. The molecule has 0 aliphatic rings. The van der Waals surface area contributed by atoms with Gasteiger partial charge in [0.15, 0.2) is 5.65 Å². The molecular formula is C28H26F3N7O. The number of fused-ring (bicyclic) bond motifs is 1. The van der Waals surface area contributed by atoms with Crippen LogP contribution >= 0.6 is 0 Å². The van der Waals surface area contributed by atoms with Gasteiger partial charge in [-0.15, -0.1) is 0 Å². The molecule has 0 bridgehead atoms. The van der Waals surface area contributed by atoms with Gasteiger partial charge in [0.25, 0.3) is 5.91 Å². The summed E-state index contributed by atoms with van der Waals surface area (Å²) < 4.78 is 45.7. The van der Waals surface area contributed by atoms with Crippen molar-refractivity contribution in [1.82, 2.24) is 24.1 Å². The van der Waals surface area contributed by atoms with Gasteiger partial charge in [-0.05, 0) is 44.0 Å². The van der Waals surface area contributed by atoms with Crippen LogP contribution in [0.3, 0.4) is 0 Å². The standard InChI is InChI=1S/C28H26F3N7O/c1-4-20-10-25-33-12-21(15-38(25)36-20)32-13-22-24(35-27(39)19-8-6-5-7-9-19)11-23(28(29,30)31)18(3)26(22)37-14-17(2)34-16-37/h5-12,14-16,32H,4,13H2,1-3H3,(H,35,39). The minimum atomic E-state index is -4.64. The smallest absolute Gasteiger partial charge is 0.378 e. The third kappa shape index (κ3) is 5.33. The van der Waals surface area contributed by atoms with E-state index < -0.39 is 17.6 Å². The van der Waals surface area contributed by atoms with Gasteiger partial charge in [0.1, 0.15) is 0 Å². The third-order valence-corrected chi connectivity index (χ3v) is 6.41. The number of halogens is 3. The zero-order valence-corrected chi connectivity index (χ0v) is 21.5. The highest BCUT2D eigenvalue weighted by molar-refractivity contribution is 6.05. The minimum Gasteiger partial charge on any atom is -0.378 e. The quantitative estimate of drug-likeness (QED) is 0.269. The van der Waals surface area contributed by atoms with Gasteiger partial charge in [-0.1, -0.05) is 25.1 Å². The number of nitrogens with zero attached hydrogens (tertiary/aromatic N) is 5. The Morgan fingerprint density at radius 2 is 1.82 bits per heavy atom. The number of hydrogen-bond donors (Lipinski definition) is 2. The van der Waals surface area contributed by atoms with Gasteiger partial charge < -0.3 is 15.2 Å². The summed E-state index contributed by atoms with van der Waals surface area (Å²) in [7, 11) is 0. The molecule has 0 aliphatic carbocycles. The Morgan fingerprint density at radius 3 is 2.49 bits per heavy atom. The lowest BCUT2D eigenvalue weighted by Crippen LogP contribution is -2.19. The van der Waals surface area contributed by atoms with Crippen LogP contribution < -0.4 is 10.6 Å². The molecule has 5 rings (SSSR count). The first kappa shape index (κ1) is 26.0. The average Bonchev–Trinajstić information content (AvgIpc) is 3.53. The summed E-state index contributed by atoms with van der Waals surface area (Å²) in [6.45, 7) is 5.26. The summed E-state index contributed by atoms with van der Waals surface area (Å²) in [6.07, 6.45) is 2.64. The predicted octanol–water partition coefficient (Wildman–Crippen LogP) is 5.98. The maximum atomic E-state index is 14.2. The molecule has 0 unspecified atom stereocenters. The summed E-state index contributed by atoms with van der Waals surface area (Å²) in [5.74, 6) is -0.520. The Bertz CT molecular complexity index is 1660. The van der Waals surface area contributed by atoms with E-state index in [1.54, 1.807) is 64.9 Å². The van der Waals surface area contributed by atoms with Crippen LogP contribution in [-0.4, -0.2) is 30.1 Å². The van der Waals surface area contributed by atoms with E-state index in [-0.39, 0.29) is 23.5 Å². The molecule has 0 radical (unpaired) electrons. The number of nitrogens with one attached hydrogen (secondary N) is 2. The van der Waals surface area contributed by atoms with Gasteiger partial charge in [-0.25, -0.2) is 14.5 Å². The fourth-order valence-corrected chi connectivity index (χ4v) is 4.46. The summed E-state index contributed by atoms with van der Waals surface area (Å²) in [5.41, 5.74) is 3.10. The Kier molecular flexibility index (Phi) is 6.81. The number of hydrogen-bond acceptors (Lipinski definition) is 5. The van der Waals surface area contributed by atoms with Crippen LogP contribution in [-0.2, 0) is 19.1 Å². The molecule has 0 saturated heterocycles. The van der Waals surface area contributed by atoms with Gasteiger partial charge >= 0.3 is 6.18 Å². The molecule has 1 amide bonds. The van der Waals surface area contributed by atoms with Crippen molar-refractivity contribution in [2.45, 2.75) is 39.9 Å². The molecule has 39 heavy (non-hydrogen) atoms. The van der Waals surface area contributed by atoms with E-state index in [1.165, 1.54) is 13.3 Å². The summed E-state index contributed by atoms with van der Waals surface area (Å²) in [6, 6.07) is 11.2. The maximum Gasteiger partial charge on any atom is 0.416 e. The van der Waals surface area contributed by atoms with Crippen molar-refractivity contribution in [2.24, 2.45) is 0 Å². The molecule has 0 aliphatic heterocycles. The molecule has 5 aromatic rings. The summed E-state index contributed by atoms with van der Waals surface area (Å²) in [5, 5.41) is 10.4. The maximum absolute atomic E-state index is 14.2. The van der Waals surface area contributed by atoms with Crippen LogP contribution in [0.5, 0.6) is 0 Å². The number of carbonyl (C=O) groups excluding carboxylic acids is 1. The summed E-state index contributed by atoms with van der Waals surface area (Å²) in [4.78, 5) is 21.7. The number of aryl methyl sites for hydroxylation is 2. The van der Waals surface area contributed by atoms with Crippen LogP contribution in [0.1, 0.15) is 45.4 Å². The highest BCUT2D eigenvalue weighted by Gasteiger charge is 2.35. The molecule has 2 aromatic carbocycles. The zero-order valence-electron chi connectivity index (χ0n) is 21.5. The van der Waals surface area contributed by atoms with Gasteiger partial charge in [0, 0.05) is 35.6 Å². The lowest BCUT2D eigenvalue weighted by molar-refractivity contribution is -0.138. The number of imidazole rings is 1. The largest absolute Gasteiger partial charge is 0.416 e. The Labute approximate surface area is 222 Å². The van der Waals surface area contributed by atoms with Crippen molar-refractivity contribution in [3.63, 3.8) is 0 Å². The Hall–Kier alpha value is -4.67. The number of anilines is 2. The van der Waals surface area contributed by atoms with Crippen LogP contribution in [0.15, 0.2) is 67.4 Å². The van der Waals surface area contributed by atoms with Crippen LogP contribution in [0.4, 0.5) is 24.5 Å². The van der Waals surface area contributed by atoms with Crippen molar-refractivity contribution in [2.75, 3.05) is 10.6 Å². The molecular weight excluding hydrogens is 507 g/mol. The van der Waals surface area contributed by atoms with E-state index in [0.717, 1.165) is 18.2 Å². The number of amides is 1. The van der Waals surface area contributed by atoms with E-state index in [1.807, 2.05) is 13.0 Å². The number of carbonyl (C=O) groups is 1. The second-order valence-corrected chi connectivity index (χ2v) is 9.15. The van der Waals surface area contributed by atoms with E-state index in [2.05, 4.69) is 25.7 Å². The fourth-order valence-electron chi connectivity index (χ4n) is 4.46. The van der Waals surface area contributed by atoms with Crippen molar-refractivity contribution in [1.29, 1.82) is 0 Å². The predicted molar refractivity (Wildman–Crippen MR) is 142 cm³/mol. The monoisotopic (exact) mass is 533 g/mol. The molecule has 3 heterocycles. The topological polar surface area (TPSA) is 89.1 Å². The highest BCUT2D eigenvalue weighted by Crippen LogP contribution is 2.39. The number of rotatable bonds is 7. The zero-order chi connectivity index (χ0) is 27.7. The van der Waals surface area contributed by atoms with Crippen molar-refractivity contribution < 1.29 is 18.0 Å². The van der Waals surface area contributed by atoms with Crippen LogP contribution in [0.2, 0.25) is 0 Å². The number of benzene rings is 2. The Balaban J connectivity index is 1.62. The summed E-state index contributed by atoms with van der Waals surface area (Å²) >= 11 is 0. The normalized spacial score (nSPS) is 11.6. The van der Waals surface area contributed by atoms with Gasteiger partial charge in [-0.2, -0.15) is 18.3 Å². The van der Waals surface area contributed by atoms with Gasteiger partial charge in [0.05, 0.1) is 47.0 Å². The van der Waals surface area contributed by atoms with Gasteiger partial charge in [-0.3, -0.25) is 4.79 Å². The van der Waals surface area contributed by atoms with E-state index in [4.69, 9.17) is 0 Å². The van der Waals surface area contributed by atoms with Crippen molar-refractivity contribution in [3.8, 4) is 5.69 Å². The minimum absolute atomic E-state index is 0.0163. The molecule has 2 N–H and O–H groups in total. The second-order valence-electron chi connectivity index (χ2n) is 9.15. The second kappa shape index (κ2) is 10.2. The molecule has 0 atom stereocenters. The highest BCUT2D eigenvalue weighted by atomic mass is 19.4. The molecule has 3 aromatic heterocycles. The van der Waals surface area contributed by atoms with Gasteiger partial charge in [0.2, 0.25) is 0 Å². The molecule has 0 fully saturated rings. The first-order chi connectivity index (χ1) is 18.6. The van der Waals surface area contributed by atoms with Crippen molar-refractivity contribution >= 4 is 22.9 Å². The SMILES string of the molecule is CCc1cc2ncc(NCc3c(NC(=O)c4ccccc4)cc(C(F)(F)F)c(C)c3-n3cnc(C)c3)cn2n1. The van der Waals surface area contributed by atoms with Crippen LogP contribution in [0.25, 0.3) is 11.3 Å². The number of aromatic nitrogens is 5. The molecule has 200 valence electrons. The molecule has 0 spiro atoms. The fraction of sp³-hybridized carbons (Fsp3) is 0.214. The number of alkyl halides is 3. The van der Waals surface area contributed by atoms with Crippen LogP contribution in [0, 0.1) is 13.8 Å². The van der Waals surface area contributed by atoms with E-state index in [9.17, 15) is 18.0 Å². The lowest BCUT2D eigenvalue weighted by Gasteiger charge is -2.23. The first-order valence-electron chi connectivity index (χ1n) is 12.3. The van der Waals surface area contributed by atoms with Crippen molar-refractivity contribution in [3.05, 3.63) is 101 Å². The molecule has 8 nitrogen and oxygen atoms in total. The molecule has 0 saturated carbocycles. The molecule has 11 heteroatoms. The van der Waals surface area contributed by atoms with E-state index >= 15 is 0 Å². The Morgan fingerprint density at radius 1 is 1.05 bits per heavy atom. The lowest BCUT2D eigenvalue weighted by atomic mass is 9.98. The average molecular weight is 534 g/mol.